The fourth-order valence-electron chi connectivity index (χ4n) is 2.57. The van der Waals surface area contributed by atoms with E-state index in [-0.39, 0.29) is 11.7 Å². The number of carbonyl (C=O) groups is 1. The number of hydrogen-bond donors (Lipinski definition) is 1. The molecule has 0 radical (unpaired) electrons. The summed E-state index contributed by atoms with van der Waals surface area (Å²) >= 11 is 1.30. The van der Waals surface area contributed by atoms with Crippen LogP contribution in [0, 0.1) is 13.8 Å². The maximum Gasteiger partial charge on any atom is 0.305 e. The van der Waals surface area contributed by atoms with Crippen molar-refractivity contribution in [2.75, 3.05) is 29.2 Å². The third-order valence-electron chi connectivity index (χ3n) is 3.63. The Morgan fingerprint density at radius 3 is 2.71 bits per heavy atom. The van der Waals surface area contributed by atoms with Crippen molar-refractivity contribution >= 4 is 23.6 Å². The first-order chi connectivity index (χ1) is 11.6. The van der Waals surface area contributed by atoms with Crippen LogP contribution in [-0.2, 0) is 4.79 Å². The SMILES string of the molecule is Cc1cc(C)nc(SCC(=O)Nc2c[n+](N3CCCCC3)no2)n1. The number of anilines is 1. The topological polar surface area (TPSA) is 88.0 Å². The second kappa shape index (κ2) is 7.61. The fraction of sp³-hybridized carbons (Fsp3) is 0.533. The molecule has 1 amide bonds. The van der Waals surface area contributed by atoms with Crippen LogP contribution >= 0.6 is 11.8 Å². The van der Waals surface area contributed by atoms with Crippen molar-refractivity contribution in [1.82, 2.24) is 15.2 Å². The molecule has 0 bridgehead atoms. The number of nitrogens with one attached hydrogen (secondary N) is 1. The smallest absolute Gasteiger partial charge is 0.288 e. The predicted molar refractivity (Wildman–Crippen MR) is 89.4 cm³/mol. The molecule has 0 atom stereocenters. The van der Waals surface area contributed by atoms with Crippen molar-refractivity contribution in [2.24, 2.45) is 0 Å². The molecule has 2 aromatic heterocycles. The summed E-state index contributed by atoms with van der Waals surface area (Å²) in [7, 11) is 0. The van der Waals surface area contributed by atoms with Crippen LogP contribution in [0.4, 0.5) is 5.88 Å². The van der Waals surface area contributed by atoms with Gasteiger partial charge in [-0.25, -0.2) is 9.97 Å². The summed E-state index contributed by atoms with van der Waals surface area (Å²) in [5.41, 5.74) is 1.78. The van der Waals surface area contributed by atoms with Gasteiger partial charge in [0.1, 0.15) is 0 Å². The van der Waals surface area contributed by atoms with Crippen molar-refractivity contribution in [2.45, 2.75) is 38.3 Å². The van der Waals surface area contributed by atoms with Gasteiger partial charge in [0.25, 0.3) is 6.20 Å². The summed E-state index contributed by atoms with van der Waals surface area (Å²) in [6.07, 6.45) is 5.24. The molecule has 128 valence electrons. The van der Waals surface area contributed by atoms with E-state index in [1.165, 1.54) is 18.2 Å². The number of amides is 1. The molecule has 0 aliphatic carbocycles. The standard InChI is InChI=1S/C15H20N6O2S/c1-11-8-12(2)17-15(16-11)24-10-13(22)18-14-9-21(19-23-14)20-6-4-3-5-7-20/h8-9H,3-7,10H2,1-2H3/p+1. The lowest BCUT2D eigenvalue weighted by molar-refractivity contribution is -0.759. The van der Waals surface area contributed by atoms with E-state index in [4.69, 9.17) is 4.52 Å². The number of carbonyl (C=O) groups excluding carboxylic acids is 1. The van der Waals surface area contributed by atoms with Crippen molar-refractivity contribution < 1.29 is 14.1 Å². The molecular formula is C15H21N6O2S+. The van der Waals surface area contributed by atoms with Gasteiger partial charge in [0, 0.05) is 11.4 Å². The Hall–Kier alpha value is -2.16. The molecule has 1 saturated heterocycles. The van der Waals surface area contributed by atoms with Crippen LogP contribution in [0.25, 0.3) is 0 Å². The highest BCUT2D eigenvalue weighted by atomic mass is 32.2. The van der Waals surface area contributed by atoms with Crippen LogP contribution in [0.15, 0.2) is 21.9 Å². The van der Waals surface area contributed by atoms with Crippen LogP contribution in [0.2, 0.25) is 0 Å². The molecule has 1 aliphatic rings. The molecule has 8 nitrogen and oxygen atoms in total. The fourth-order valence-corrected chi connectivity index (χ4v) is 3.32. The summed E-state index contributed by atoms with van der Waals surface area (Å²) < 4.78 is 5.18. The maximum atomic E-state index is 12.0. The average molecular weight is 349 g/mol. The van der Waals surface area contributed by atoms with Crippen molar-refractivity contribution in [1.29, 1.82) is 0 Å². The molecule has 1 aliphatic heterocycles. The lowest BCUT2D eigenvalue weighted by Crippen LogP contribution is -2.60. The van der Waals surface area contributed by atoms with Crippen LogP contribution < -0.4 is 15.1 Å². The zero-order valence-electron chi connectivity index (χ0n) is 13.9. The van der Waals surface area contributed by atoms with Crippen LogP contribution in [0.1, 0.15) is 30.7 Å². The van der Waals surface area contributed by atoms with Gasteiger partial charge in [-0.1, -0.05) is 11.8 Å². The van der Waals surface area contributed by atoms with Gasteiger partial charge < -0.3 is 0 Å². The number of rotatable bonds is 5. The van der Waals surface area contributed by atoms with Gasteiger partial charge in [-0.3, -0.25) is 14.6 Å². The Labute approximate surface area is 144 Å². The molecule has 9 heteroatoms. The van der Waals surface area contributed by atoms with E-state index in [2.05, 4.69) is 25.6 Å². The minimum atomic E-state index is -0.176. The molecule has 3 heterocycles. The Balaban J connectivity index is 1.52. The van der Waals surface area contributed by atoms with Gasteiger partial charge in [0.2, 0.25) is 11.2 Å². The Morgan fingerprint density at radius 2 is 2.00 bits per heavy atom. The van der Waals surface area contributed by atoms with Crippen molar-refractivity contribution in [3.8, 4) is 0 Å². The van der Waals surface area contributed by atoms with Crippen LogP contribution in [-0.4, -0.2) is 40.0 Å². The van der Waals surface area contributed by atoms with Crippen LogP contribution in [0.5, 0.6) is 0 Å². The zero-order valence-corrected chi connectivity index (χ0v) is 14.7. The number of aryl methyl sites for hydroxylation is 2. The van der Waals surface area contributed by atoms with E-state index in [0.717, 1.165) is 37.3 Å². The number of nitrogens with zero attached hydrogens (tertiary/aromatic N) is 5. The second-order valence-electron chi connectivity index (χ2n) is 5.77. The molecular weight excluding hydrogens is 328 g/mol. The first kappa shape index (κ1) is 16.7. The quantitative estimate of drug-likeness (QED) is 0.493. The molecule has 2 aromatic rings. The van der Waals surface area contributed by atoms with Gasteiger partial charge in [0.15, 0.2) is 5.16 Å². The normalized spacial score (nSPS) is 14.7. The third-order valence-corrected chi connectivity index (χ3v) is 4.48. The lowest BCUT2D eigenvalue weighted by Gasteiger charge is -2.17. The Morgan fingerprint density at radius 1 is 1.29 bits per heavy atom. The molecule has 0 saturated carbocycles. The maximum absolute atomic E-state index is 12.0. The number of piperidine rings is 1. The number of hydrogen-bond acceptors (Lipinski definition) is 7. The highest BCUT2D eigenvalue weighted by molar-refractivity contribution is 7.99. The second-order valence-corrected chi connectivity index (χ2v) is 6.71. The van der Waals surface area contributed by atoms with E-state index in [1.807, 2.05) is 19.9 Å². The number of thioether (sulfide) groups is 1. The van der Waals surface area contributed by atoms with E-state index in [9.17, 15) is 4.79 Å². The first-order valence-corrected chi connectivity index (χ1v) is 8.97. The minimum Gasteiger partial charge on any atom is -0.288 e. The zero-order chi connectivity index (χ0) is 16.9. The third kappa shape index (κ3) is 4.44. The largest absolute Gasteiger partial charge is 0.305 e. The van der Waals surface area contributed by atoms with Gasteiger partial charge in [-0.05, 0) is 39.2 Å². The highest BCUT2D eigenvalue weighted by Crippen LogP contribution is 2.14. The molecule has 24 heavy (non-hydrogen) atoms. The molecule has 1 fully saturated rings. The summed E-state index contributed by atoms with van der Waals surface area (Å²) in [6, 6.07) is 1.90. The van der Waals surface area contributed by atoms with E-state index < -0.39 is 0 Å². The number of aromatic nitrogens is 4. The first-order valence-electron chi connectivity index (χ1n) is 7.99. The summed E-state index contributed by atoms with van der Waals surface area (Å²) in [4.78, 5) is 22.3. The summed E-state index contributed by atoms with van der Waals surface area (Å²) in [5.74, 6) is 0.380. The van der Waals surface area contributed by atoms with Crippen molar-refractivity contribution in [3.05, 3.63) is 23.7 Å². The minimum absolute atomic E-state index is 0.176. The monoisotopic (exact) mass is 349 g/mol. The summed E-state index contributed by atoms with van der Waals surface area (Å²) in [5, 5.41) is 9.36. The van der Waals surface area contributed by atoms with Gasteiger partial charge >= 0.3 is 5.88 Å². The van der Waals surface area contributed by atoms with Gasteiger partial charge in [-0.2, -0.15) is 5.01 Å². The summed E-state index contributed by atoms with van der Waals surface area (Å²) in [6.45, 7) is 5.72. The van der Waals surface area contributed by atoms with E-state index in [1.54, 1.807) is 11.0 Å². The van der Waals surface area contributed by atoms with Gasteiger partial charge in [-0.15, -0.1) is 0 Å². The molecule has 3 rings (SSSR count). The average Bonchev–Trinajstić information content (AvgIpc) is 3.01. The van der Waals surface area contributed by atoms with E-state index >= 15 is 0 Å². The van der Waals surface area contributed by atoms with E-state index in [0.29, 0.717) is 11.0 Å². The van der Waals surface area contributed by atoms with Crippen molar-refractivity contribution in [3.63, 3.8) is 0 Å². The Kier molecular flexibility index (Phi) is 5.29. The molecule has 1 N–H and O–H groups in total. The van der Waals surface area contributed by atoms with Gasteiger partial charge in [0.05, 0.1) is 23.6 Å². The predicted octanol–water partition coefficient (Wildman–Crippen LogP) is 1.22. The molecule has 0 spiro atoms. The molecule has 0 aromatic carbocycles. The molecule has 0 unspecified atom stereocenters. The Bertz CT molecular complexity index is 693. The highest BCUT2D eigenvalue weighted by Gasteiger charge is 2.23. The van der Waals surface area contributed by atoms with Crippen LogP contribution in [0.3, 0.4) is 0 Å². The lowest BCUT2D eigenvalue weighted by atomic mass is 10.2.